The number of nitrogens with zero attached hydrogens (tertiary/aromatic N) is 2. The largest absolute Gasteiger partial charge is 0.373 e. The molecule has 0 bridgehead atoms. The summed E-state index contributed by atoms with van der Waals surface area (Å²) in [5, 5.41) is 0. The molecule has 0 aliphatic carbocycles. The molecule has 2 heterocycles. The number of carbonyl (C=O) groups excluding carboxylic acids is 1. The Labute approximate surface area is 174 Å². The number of likely N-dealkylation sites (tertiary alicyclic amines) is 1. The molecule has 162 valence electrons. The van der Waals surface area contributed by atoms with Crippen molar-refractivity contribution in [2.75, 3.05) is 39.0 Å². The molecule has 0 spiro atoms. The highest BCUT2D eigenvalue weighted by Gasteiger charge is 2.25. The molecule has 2 aliphatic heterocycles. The maximum Gasteiger partial charge on any atom is 0.253 e. The van der Waals surface area contributed by atoms with Gasteiger partial charge in [0.15, 0.2) is 0 Å². The van der Waals surface area contributed by atoms with Gasteiger partial charge in [-0.05, 0) is 50.3 Å². The second-order valence-corrected chi connectivity index (χ2v) is 10.4. The third-order valence-electron chi connectivity index (χ3n) is 5.54. The maximum atomic E-state index is 12.9. The Morgan fingerprint density at radius 3 is 2.41 bits per heavy atom. The van der Waals surface area contributed by atoms with Gasteiger partial charge < -0.3 is 9.64 Å². The van der Waals surface area contributed by atoms with E-state index >= 15 is 0 Å². The summed E-state index contributed by atoms with van der Waals surface area (Å²) in [6, 6.07) is 7.88. The fraction of sp³-hybridized carbons (Fsp3) is 0.667. The van der Waals surface area contributed by atoms with Crippen molar-refractivity contribution in [3.63, 3.8) is 0 Å². The van der Waals surface area contributed by atoms with E-state index in [0.717, 1.165) is 39.0 Å². The average molecular weight is 424 g/mol. The Kier molecular flexibility index (Phi) is 7.32. The maximum absolute atomic E-state index is 12.9. The van der Waals surface area contributed by atoms with Crippen LogP contribution in [-0.4, -0.2) is 75.3 Å². The predicted octanol–water partition coefficient (Wildman–Crippen LogP) is 1.70. The second-order valence-electron chi connectivity index (χ2n) is 8.53. The van der Waals surface area contributed by atoms with Crippen LogP contribution in [0, 0.1) is 5.92 Å². The summed E-state index contributed by atoms with van der Waals surface area (Å²) in [5.74, 6) is 0.182. The summed E-state index contributed by atoms with van der Waals surface area (Å²) in [6.45, 7) is 8.59. The molecule has 2 fully saturated rings. The van der Waals surface area contributed by atoms with E-state index in [4.69, 9.17) is 4.74 Å². The molecule has 0 saturated carbocycles. The lowest BCUT2D eigenvalue weighted by Gasteiger charge is -2.35. The molecule has 1 aromatic rings. The van der Waals surface area contributed by atoms with Crippen LogP contribution in [0.2, 0.25) is 0 Å². The fourth-order valence-corrected chi connectivity index (χ4v) is 4.83. The van der Waals surface area contributed by atoms with Gasteiger partial charge in [0, 0.05) is 44.8 Å². The Hall–Kier alpha value is -1.48. The highest BCUT2D eigenvalue weighted by Crippen LogP contribution is 2.19. The van der Waals surface area contributed by atoms with Crippen molar-refractivity contribution in [1.82, 2.24) is 14.5 Å². The first-order valence-corrected chi connectivity index (χ1v) is 12.3. The zero-order chi connectivity index (χ0) is 21.0. The number of sulfonamides is 1. The minimum atomic E-state index is -3.20. The Balaban J connectivity index is 1.55. The van der Waals surface area contributed by atoms with E-state index in [1.807, 2.05) is 29.2 Å². The summed E-state index contributed by atoms with van der Waals surface area (Å²) in [6.07, 6.45) is 3.47. The third-order valence-corrected chi connectivity index (χ3v) is 6.23. The smallest absolute Gasteiger partial charge is 0.253 e. The molecular weight excluding hydrogens is 390 g/mol. The Morgan fingerprint density at radius 2 is 1.79 bits per heavy atom. The number of benzene rings is 1. The first-order valence-electron chi connectivity index (χ1n) is 10.4. The van der Waals surface area contributed by atoms with Crippen molar-refractivity contribution in [1.29, 1.82) is 0 Å². The molecule has 8 heteroatoms. The van der Waals surface area contributed by atoms with Crippen LogP contribution in [0.25, 0.3) is 0 Å². The SMILES string of the molecule is CC1CN(Cc2ccc(C(=O)N3CCCC(CNS(C)(=O)=O)C3)cc2)CC(C)O1. The molecule has 1 N–H and O–H groups in total. The van der Waals surface area contributed by atoms with Crippen LogP contribution in [-0.2, 0) is 21.3 Å². The van der Waals surface area contributed by atoms with Crippen LogP contribution >= 0.6 is 0 Å². The molecule has 2 saturated heterocycles. The second kappa shape index (κ2) is 9.55. The molecule has 2 aliphatic rings. The number of hydrogen-bond acceptors (Lipinski definition) is 5. The quantitative estimate of drug-likeness (QED) is 0.753. The lowest BCUT2D eigenvalue weighted by molar-refractivity contribution is -0.0704. The van der Waals surface area contributed by atoms with Gasteiger partial charge >= 0.3 is 0 Å². The molecular formula is C21H33N3O4S. The highest BCUT2D eigenvalue weighted by atomic mass is 32.2. The van der Waals surface area contributed by atoms with E-state index in [2.05, 4.69) is 23.5 Å². The van der Waals surface area contributed by atoms with Gasteiger partial charge in [0.05, 0.1) is 18.5 Å². The van der Waals surface area contributed by atoms with E-state index in [9.17, 15) is 13.2 Å². The summed E-state index contributed by atoms with van der Waals surface area (Å²) in [4.78, 5) is 17.1. The average Bonchev–Trinajstić information content (AvgIpc) is 2.65. The Bertz CT molecular complexity index is 787. The number of nitrogens with one attached hydrogen (secondary N) is 1. The Morgan fingerprint density at radius 1 is 1.14 bits per heavy atom. The first-order chi connectivity index (χ1) is 13.7. The van der Waals surface area contributed by atoms with Crippen molar-refractivity contribution in [3.05, 3.63) is 35.4 Å². The van der Waals surface area contributed by atoms with Crippen LogP contribution in [0.4, 0.5) is 0 Å². The van der Waals surface area contributed by atoms with Crippen LogP contribution in [0.1, 0.15) is 42.6 Å². The molecule has 1 aromatic carbocycles. The zero-order valence-corrected chi connectivity index (χ0v) is 18.5. The summed E-state index contributed by atoms with van der Waals surface area (Å²) < 4.78 is 31.0. The van der Waals surface area contributed by atoms with Crippen molar-refractivity contribution in [3.8, 4) is 0 Å². The molecule has 1 amide bonds. The van der Waals surface area contributed by atoms with Gasteiger partial charge in [0.1, 0.15) is 0 Å². The van der Waals surface area contributed by atoms with Crippen molar-refractivity contribution in [2.45, 2.75) is 45.4 Å². The van der Waals surface area contributed by atoms with Crippen molar-refractivity contribution >= 4 is 15.9 Å². The number of carbonyl (C=O) groups is 1. The van der Waals surface area contributed by atoms with Gasteiger partial charge in [-0.2, -0.15) is 0 Å². The minimum Gasteiger partial charge on any atom is -0.373 e. The van der Waals surface area contributed by atoms with Crippen LogP contribution in [0.15, 0.2) is 24.3 Å². The van der Waals surface area contributed by atoms with E-state index in [-0.39, 0.29) is 24.0 Å². The van der Waals surface area contributed by atoms with Gasteiger partial charge in [-0.25, -0.2) is 13.1 Å². The zero-order valence-electron chi connectivity index (χ0n) is 17.6. The molecule has 29 heavy (non-hydrogen) atoms. The molecule has 3 rings (SSSR count). The van der Waals surface area contributed by atoms with E-state index < -0.39 is 10.0 Å². The van der Waals surface area contributed by atoms with E-state index in [1.54, 1.807) is 0 Å². The summed E-state index contributed by atoms with van der Waals surface area (Å²) in [5.41, 5.74) is 1.88. The van der Waals surface area contributed by atoms with Crippen molar-refractivity contribution < 1.29 is 17.9 Å². The molecule has 3 unspecified atom stereocenters. The number of rotatable bonds is 6. The monoisotopic (exact) mass is 423 g/mol. The normalized spacial score (nSPS) is 26.4. The standard InChI is InChI=1S/C21H33N3O4S/c1-16-12-23(13-17(2)28-16)14-18-6-8-20(9-7-18)21(25)24-10-4-5-19(15-24)11-22-29(3,26)27/h6-9,16-17,19,22H,4-5,10-15H2,1-3H3. The minimum absolute atomic E-state index is 0.0224. The summed E-state index contributed by atoms with van der Waals surface area (Å²) >= 11 is 0. The number of morpholine rings is 1. The molecule has 3 atom stereocenters. The number of hydrogen-bond donors (Lipinski definition) is 1. The van der Waals surface area contributed by atoms with E-state index in [1.165, 1.54) is 11.8 Å². The number of amides is 1. The van der Waals surface area contributed by atoms with Gasteiger partial charge in [-0.15, -0.1) is 0 Å². The molecule has 0 radical (unpaired) electrons. The molecule has 7 nitrogen and oxygen atoms in total. The predicted molar refractivity (Wildman–Crippen MR) is 113 cm³/mol. The van der Waals surface area contributed by atoms with Gasteiger partial charge in [-0.3, -0.25) is 9.69 Å². The van der Waals surface area contributed by atoms with Gasteiger partial charge in [-0.1, -0.05) is 12.1 Å². The number of piperidine rings is 1. The van der Waals surface area contributed by atoms with Crippen LogP contribution in [0.5, 0.6) is 0 Å². The molecule has 0 aromatic heterocycles. The fourth-order valence-electron chi connectivity index (χ4n) is 4.29. The van der Waals surface area contributed by atoms with Crippen molar-refractivity contribution in [2.24, 2.45) is 5.92 Å². The first kappa shape index (κ1) is 22.2. The number of ether oxygens (including phenoxy) is 1. The third kappa shape index (κ3) is 6.77. The van der Waals surface area contributed by atoms with E-state index in [0.29, 0.717) is 18.7 Å². The van der Waals surface area contributed by atoms with Gasteiger partial charge in [0.2, 0.25) is 10.0 Å². The van der Waals surface area contributed by atoms with Crippen LogP contribution in [0.3, 0.4) is 0 Å². The lowest BCUT2D eigenvalue weighted by atomic mass is 9.97. The highest BCUT2D eigenvalue weighted by molar-refractivity contribution is 7.88. The lowest BCUT2D eigenvalue weighted by Crippen LogP contribution is -2.44. The van der Waals surface area contributed by atoms with Gasteiger partial charge in [0.25, 0.3) is 5.91 Å². The topological polar surface area (TPSA) is 79.0 Å². The summed E-state index contributed by atoms with van der Waals surface area (Å²) in [7, 11) is -3.20. The van der Waals surface area contributed by atoms with Crippen LogP contribution < -0.4 is 4.72 Å².